The summed E-state index contributed by atoms with van der Waals surface area (Å²) in [6.07, 6.45) is 0.519. The average Bonchev–Trinajstić information content (AvgIpc) is 2.83. The van der Waals surface area contributed by atoms with Crippen molar-refractivity contribution in [1.82, 2.24) is 4.57 Å². The summed E-state index contributed by atoms with van der Waals surface area (Å²) in [4.78, 5) is 13.5. The van der Waals surface area contributed by atoms with Crippen LogP contribution in [-0.4, -0.2) is 47.8 Å². The van der Waals surface area contributed by atoms with Gasteiger partial charge in [-0.15, -0.1) is 0 Å². The second-order valence-electron chi connectivity index (χ2n) is 7.61. The Bertz CT molecular complexity index is 1130. The van der Waals surface area contributed by atoms with Crippen molar-refractivity contribution in [2.45, 2.75) is 39.0 Å². The molecule has 0 radical (unpaired) electrons. The highest BCUT2D eigenvalue weighted by Gasteiger charge is 2.24. The number of hydrogen-bond acceptors (Lipinski definition) is 6. The van der Waals surface area contributed by atoms with Crippen LogP contribution in [-0.2, 0) is 4.74 Å². The SMILES string of the molecule is CCCOc1ccc(F)c2c(=O)c(-c3ccc(OC)cc3)cn(C(CC(O)CO)OCC)c12. The molecule has 8 heteroatoms. The fourth-order valence-electron chi connectivity index (χ4n) is 3.71. The molecule has 1 heterocycles. The van der Waals surface area contributed by atoms with E-state index in [0.29, 0.717) is 30.3 Å². The van der Waals surface area contributed by atoms with Crippen molar-refractivity contribution in [3.05, 3.63) is 58.6 Å². The van der Waals surface area contributed by atoms with E-state index < -0.39 is 30.2 Å². The van der Waals surface area contributed by atoms with Crippen LogP contribution in [0.25, 0.3) is 22.0 Å². The largest absolute Gasteiger partial charge is 0.497 e. The zero-order valence-electron chi connectivity index (χ0n) is 19.1. The van der Waals surface area contributed by atoms with Gasteiger partial charge < -0.3 is 29.0 Å². The van der Waals surface area contributed by atoms with E-state index in [1.165, 1.54) is 12.1 Å². The van der Waals surface area contributed by atoms with Crippen molar-refractivity contribution in [2.24, 2.45) is 0 Å². The van der Waals surface area contributed by atoms with Crippen molar-refractivity contribution in [1.29, 1.82) is 0 Å². The minimum Gasteiger partial charge on any atom is -0.497 e. The molecule has 0 bridgehead atoms. The van der Waals surface area contributed by atoms with E-state index in [-0.39, 0.29) is 22.9 Å². The van der Waals surface area contributed by atoms with Gasteiger partial charge in [0, 0.05) is 24.8 Å². The first kappa shape index (κ1) is 24.7. The molecule has 7 nitrogen and oxygen atoms in total. The lowest BCUT2D eigenvalue weighted by atomic mass is 10.0. The number of ether oxygens (including phenoxy) is 3. The number of hydrogen-bond donors (Lipinski definition) is 2. The van der Waals surface area contributed by atoms with Gasteiger partial charge in [-0.3, -0.25) is 4.79 Å². The molecular formula is C25H30FNO6. The Kier molecular flexibility index (Phi) is 8.43. The van der Waals surface area contributed by atoms with Crippen molar-refractivity contribution in [3.8, 4) is 22.6 Å². The molecule has 3 aromatic rings. The van der Waals surface area contributed by atoms with Gasteiger partial charge in [0.1, 0.15) is 23.5 Å². The lowest BCUT2D eigenvalue weighted by molar-refractivity contribution is -0.0343. The van der Waals surface area contributed by atoms with Gasteiger partial charge in [0.15, 0.2) is 5.43 Å². The average molecular weight is 460 g/mol. The summed E-state index contributed by atoms with van der Waals surface area (Å²) in [5.41, 5.74) is 0.603. The fourth-order valence-corrected chi connectivity index (χ4v) is 3.71. The molecule has 1 aromatic heterocycles. The van der Waals surface area contributed by atoms with Crippen molar-refractivity contribution in [2.75, 3.05) is 26.9 Å². The predicted octanol–water partition coefficient (Wildman–Crippen LogP) is 3.88. The molecule has 2 aromatic carbocycles. The highest BCUT2D eigenvalue weighted by atomic mass is 19.1. The summed E-state index contributed by atoms with van der Waals surface area (Å²) < 4.78 is 33.6. The third-order valence-corrected chi connectivity index (χ3v) is 5.30. The number of aliphatic hydroxyl groups excluding tert-OH is 2. The third-order valence-electron chi connectivity index (χ3n) is 5.30. The van der Waals surface area contributed by atoms with Gasteiger partial charge in [-0.1, -0.05) is 19.1 Å². The van der Waals surface area contributed by atoms with Crippen LogP contribution >= 0.6 is 0 Å². The molecule has 33 heavy (non-hydrogen) atoms. The number of fused-ring (bicyclic) bond motifs is 1. The Hall–Kier alpha value is -2.94. The van der Waals surface area contributed by atoms with Gasteiger partial charge in [-0.05, 0) is 43.2 Å². The van der Waals surface area contributed by atoms with Crippen LogP contribution in [0.2, 0.25) is 0 Å². The van der Waals surface area contributed by atoms with E-state index >= 15 is 4.39 Å². The van der Waals surface area contributed by atoms with Crippen LogP contribution in [0.5, 0.6) is 11.5 Å². The fraction of sp³-hybridized carbons (Fsp3) is 0.400. The van der Waals surface area contributed by atoms with E-state index in [1.807, 2.05) is 6.92 Å². The number of nitrogens with zero attached hydrogens (tertiary/aromatic N) is 1. The van der Waals surface area contributed by atoms with Crippen LogP contribution in [0.3, 0.4) is 0 Å². The summed E-state index contributed by atoms with van der Waals surface area (Å²) in [6.45, 7) is 3.97. The minimum absolute atomic E-state index is 0.0358. The van der Waals surface area contributed by atoms with Crippen molar-refractivity contribution >= 4 is 10.9 Å². The monoisotopic (exact) mass is 459 g/mol. The normalized spacial score (nSPS) is 13.2. The Labute approximate surface area is 192 Å². The van der Waals surface area contributed by atoms with Gasteiger partial charge in [-0.2, -0.15) is 0 Å². The Morgan fingerprint density at radius 3 is 2.45 bits per heavy atom. The molecule has 2 N–H and O–H groups in total. The Morgan fingerprint density at radius 1 is 1.12 bits per heavy atom. The zero-order valence-corrected chi connectivity index (χ0v) is 19.1. The molecule has 178 valence electrons. The first-order valence-corrected chi connectivity index (χ1v) is 11.0. The van der Waals surface area contributed by atoms with Crippen LogP contribution in [0.15, 0.2) is 47.4 Å². The van der Waals surface area contributed by atoms with E-state index in [0.717, 1.165) is 6.42 Å². The smallest absolute Gasteiger partial charge is 0.200 e. The Morgan fingerprint density at radius 2 is 1.85 bits per heavy atom. The van der Waals surface area contributed by atoms with Gasteiger partial charge in [-0.25, -0.2) is 4.39 Å². The van der Waals surface area contributed by atoms with Crippen LogP contribution in [0.4, 0.5) is 4.39 Å². The molecule has 0 aliphatic heterocycles. The first-order valence-electron chi connectivity index (χ1n) is 11.0. The van der Waals surface area contributed by atoms with E-state index in [2.05, 4.69) is 0 Å². The molecular weight excluding hydrogens is 429 g/mol. The van der Waals surface area contributed by atoms with Crippen molar-refractivity contribution < 1.29 is 28.8 Å². The molecule has 0 spiro atoms. The molecule has 0 saturated carbocycles. The number of aliphatic hydroxyl groups is 2. The van der Waals surface area contributed by atoms with Gasteiger partial charge >= 0.3 is 0 Å². The molecule has 0 saturated heterocycles. The number of halogens is 1. The minimum atomic E-state index is -1.06. The molecule has 2 unspecified atom stereocenters. The Balaban J connectivity index is 2.34. The summed E-state index contributed by atoms with van der Waals surface area (Å²) in [7, 11) is 1.55. The van der Waals surface area contributed by atoms with E-state index in [9.17, 15) is 15.0 Å². The number of aromatic nitrogens is 1. The van der Waals surface area contributed by atoms with Crippen LogP contribution in [0.1, 0.15) is 32.9 Å². The van der Waals surface area contributed by atoms with E-state index in [4.69, 9.17) is 14.2 Å². The first-order chi connectivity index (χ1) is 15.9. The molecule has 0 aliphatic rings. The van der Waals surface area contributed by atoms with Crippen LogP contribution in [0, 0.1) is 5.82 Å². The highest BCUT2D eigenvalue weighted by Crippen LogP contribution is 2.33. The van der Waals surface area contributed by atoms with Gasteiger partial charge in [0.2, 0.25) is 0 Å². The maximum atomic E-state index is 15.1. The quantitative estimate of drug-likeness (QED) is 0.452. The number of methoxy groups -OCH3 is 1. The summed E-state index contributed by atoms with van der Waals surface area (Å²) >= 11 is 0. The highest BCUT2D eigenvalue weighted by molar-refractivity contribution is 5.89. The standard InChI is InChI=1S/C25H30FNO6/c1-4-12-33-21-11-10-20(26)23-24(21)27(22(32-5-2)13-17(29)15-28)14-19(25(23)30)16-6-8-18(31-3)9-7-16/h6-11,14,17,22,28-29H,4-5,12-13,15H2,1-3H3. The third kappa shape index (κ3) is 5.35. The second kappa shape index (κ2) is 11.3. The summed E-state index contributed by atoms with van der Waals surface area (Å²) in [6, 6.07) is 9.58. The molecule has 0 amide bonds. The topological polar surface area (TPSA) is 90.2 Å². The number of pyridine rings is 1. The summed E-state index contributed by atoms with van der Waals surface area (Å²) in [5.74, 6) is 0.287. The molecule has 0 fully saturated rings. The summed E-state index contributed by atoms with van der Waals surface area (Å²) in [5, 5.41) is 19.4. The second-order valence-corrected chi connectivity index (χ2v) is 7.61. The number of rotatable bonds is 11. The van der Waals surface area contributed by atoms with Gasteiger partial charge in [0.05, 0.1) is 37.3 Å². The zero-order chi connectivity index (χ0) is 24.0. The maximum Gasteiger partial charge on any atom is 0.200 e. The van der Waals surface area contributed by atoms with Crippen molar-refractivity contribution in [3.63, 3.8) is 0 Å². The molecule has 3 rings (SSSR count). The van der Waals surface area contributed by atoms with Gasteiger partial charge in [0.25, 0.3) is 0 Å². The lowest BCUT2D eigenvalue weighted by Gasteiger charge is -2.26. The molecule has 0 aliphatic carbocycles. The lowest BCUT2D eigenvalue weighted by Crippen LogP contribution is -2.25. The maximum absolute atomic E-state index is 15.1. The number of benzene rings is 2. The predicted molar refractivity (Wildman–Crippen MR) is 124 cm³/mol. The molecule has 2 atom stereocenters. The van der Waals surface area contributed by atoms with Crippen LogP contribution < -0.4 is 14.9 Å². The van der Waals surface area contributed by atoms with E-state index in [1.54, 1.807) is 49.1 Å².